The summed E-state index contributed by atoms with van der Waals surface area (Å²) in [5, 5.41) is 3.65. The highest BCUT2D eigenvalue weighted by molar-refractivity contribution is 5.97. The Morgan fingerprint density at radius 3 is 2.79 bits per heavy atom. The quantitative estimate of drug-likeness (QED) is 0.644. The number of pyridine rings is 1. The molecule has 1 N–H and O–H groups in total. The Hall–Kier alpha value is -3.72. The fourth-order valence-electron chi connectivity index (χ4n) is 4.07. The lowest BCUT2D eigenvalue weighted by atomic mass is 10.1. The molecule has 0 bridgehead atoms. The van der Waals surface area contributed by atoms with Crippen molar-refractivity contribution in [3.05, 3.63) is 66.1 Å². The van der Waals surface area contributed by atoms with Gasteiger partial charge in [0.1, 0.15) is 11.9 Å². The summed E-state index contributed by atoms with van der Waals surface area (Å²) >= 11 is 0. The number of amides is 2. The average Bonchev–Trinajstić information content (AvgIpc) is 3.23. The van der Waals surface area contributed by atoms with Gasteiger partial charge in [0.25, 0.3) is 5.91 Å². The zero-order valence-electron chi connectivity index (χ0n) is 17.9. The largest absolute Gasteiger partial charge is 0.442 e. The first kappa shape index (κ1) is 21.1. The van der Waals surface area contributed by atoms with Gasteiger partial charge in [0, 0.05) is 24.7 Å². The maximum Gasteiger partial charge on any atom is 0.414 e. The van der Waals surface area contributed by atoms with Crippen molar-refractivity contribution in [2.75, 3.05) is 49.2 Å². The molecule has 33 heavy (non-hydrogen) atoms. The molecule has 8 nitrogen and oxygen atoms in total. The van der Waals surface area contributed by atoms with Crippen molar-refractivity contribution in [1.29, 1.82) is 0 Å². The van der Waals surface area contributed by atoms with Gasteiger partial charge in [-0.3, -0.25) is 14.7 Å². The third kappa shape index (κ3) is 4.45. The Morgan fingerprint density at radius 2 is 1.97 bits per heavy atom. The van der Waals surface area contributed by atoms with E-state index in [1.54, 1.807) is 18.2 Å². The van der Waals surface area contributed by atoms with E-state index in [0.29, 0.717) is 43.2 Å². The van der Waals surface area contributed by atoms with E-state index in [1.165, 1.54) is 17.2 Å². The number of rotatable bonds is 5. The Balaban J connectivity index is 1.21. The Bertz CT molecular complexity index is 1200. The van der Waals surface area contributed by atoms with Crippen LogP contribution in [0.2, 0.25) is 0 Å². The SMILES string of the molecule is O=C(NC[C@H]1CN(c2ccc(N3CCOCC3)c(F)c2)C(=O)O1)c1cnc2ccccc2c1. The van der Waals surface area contributed by atoms with Gasteiger partial charge in [-0.25, -0.2) is 9.18 Å². The number of nitrogens with one attached hydrogen (secondary N) is 1. The van der Waals surface area contributed by atoms with Crippen molar-refractivity contribution < 1.29 is 23.5 Å². The average molecular weight is 450 g/mol. The first-order valence-corrected chi connectivity index (χ1v) is 10.8. The van der Waals surface area contributed by atoms with Gasteiger partial charge in [-0.2, -0.15) is 0 Å². The van der Waals surface area contributed by atoms with Crippen molar-refractivity contribution >= 4 is 34.3 Å². The van der Waals surface area contributed by atoms with Crippen LogP contribution < -0.4 is 15.1 Å². The highest BCUT2D eigenvalue weighted by Gasteiger charge is 2.33. The van der Waals surface area contributed by atoms with Crippen LogP contribution in [0.15, 0.2) is 54.7 Å². The number of fused-ring (bicyclic) bond motifs is 1. The molecule has 1 aromatic heterocycles. The number of hydrogen-bond acceptors (Lipinski definition) is 6. The van der Waals surface area contributed by atoms with E-state index in [2.05, 4.69) is 10.3 Å². The summed E-state index contributed by atoms with van der Waals surface area (Å²) in [6.45, 7) is 2.71. The summed E-state index contributed by atoms with van der Waals surface area (Å²) in [7, 11) is 0. The molecule has 2 aliphatic heterocycles. The van der Waals surface area contributed by atoms with Crippen LogP contribution >= 0.6 is 0 Å². The minimum Gasteiger partial charge on any atom is -0.442 e. The fraction of sp³-hybridized carbons (Fsp3) is 0.292. The number of para-hydroxylation sites is 1. The topological polar surface area (TPSA) is 84.0 Å². The van der Waals surface area contributed by atoms with Crippen molar-refractivity contribution in [2.45, 2.75) is 6.10 Å². The van der Waals surface area contributed by atoms with E-state index in [0.717, 1.165) is 10.9 Å². The van der Waals surface area contributed by atoms with Crippen molar-refractivity contribution in [3.63, 3.8) is 0 Å². The Morgan fingerprint density at radius 1 is 1.15 bits per heavy atom. The van der Waals surface area contributed by atoms with Crippen LogP contribution in [0.1, 0.15) is 10.4 Å². The molecule has 3 aromatic rings. The molecule has 0 radical (unpaired) electrons. The summed E-state index contributed by atoms with van der Waals surface area (Å²) in [6.07, 6.45) is 0.403. The molecule has 3 heterocycles. The van der Waals surface area contributed by atoms with Crippen LogP contribution in [-0.4, -0.2) is 62.5 Å². The summed E-state index contributed by atoms with van der Waals surface area (Å²) < 4.78 is 25.4. The lowest BCUT2D eigenvalue weighted by molar-refractivity contribution is 0.0916. The molecule has 1 atom stereocenters. The molecule has 0 spiro atoms. The minimum absolute atomic E-state index is 0.141. The molecule has 170 valence electrons. The third-order valence-electron chi connectivity index (χ3n) is 5.81. The van der Waals surface area contributed by atoms with Gasteiger partial charge in [0.05, 0.1) is 48.8 Å². The zero-order valence-corrected chi connectivity index (χ0v) is 17.9. The van der Waals surface area contributed by atoms with Gasteiger partial charge in [-0.15, -0.1) is 0 Å². The smallest absolute Gasteiger partial charge is 0.414 e. The number of nitrogens with zero attached hydrogens (tertiary/aromatic N) is 3. The number of carbonyl (C=O) groups is 2. The van der Waals surface area contributed by atoms with Gasteiger partial charge < -0.3 is 19.7 Å². The van der Waals surface area contributed by atoms with Gasteiger partial charge in [-0.1, -0.05) is 18.2 Å². The first-order valence-electron chi connectivity index (χ1n) is 10.8. The van der Waals surface area contributed by atoms with Crippen LogP contribution in [0.5, 0.6) is 0 Å². The predicted molar refractivity (Wildman–Crippen MR) is 121 cm³/mol. The lowest BCUT2D eigenvalue weighted by Gasteiger charge is -2.29. The fourth-order valence-corrected chi connectivity index (χ4v) is 4.07. The summed E-state index contributed by atoms with van der Waals surface area (Å²) in [4.78, 5) is 32.5. The number of morpholine rings is 1. The van der Waals surface area contributed by atoms with Crippen LogP contribution in [0.3, 0.4) is 0 Å². The second-order valence-electron chi connectivity index (χ2n) is 7.98. The van der Waals surface area contributed by atoms with Crippen molar-refractivity contribution in [3.8, 4) is 0 Å². The number of hydrogen-bond donors (Lipinski definition) is 1. The van der Waals surface area contributed by atoms with Crippen LogP contribution in [0, 0.1) is 5.82 Å². The van der Waals surface area contributed by atoms with Gasteiger partial charge in [0.2, 0.25) is 0 Å². The highest BCUT2D eigenvalue weighted by atomic mass is 19.1. The Labute approximate surface area is 189 Å². The molecule has 5 rings (SSSR count). The van der Waals surface area contributed by atoms with Crippen molar-refractivity contribution in [1.82, 2.24) is 10.3 Å². The van der Waals surface area contributed by atoms with E-state index in [4.69, 9.17) is 9.47 Å². The number of halogens is 1. The van der Waals surface area contributed by atoms with Crippen LogP contribution in [-0.2, 0) is 9.47 Å². The third-order valence-corrected chi connectivity index (χ3v) is 5.81. The summed E-state index contributed by atoms with van der Waals surface area (Å²) in [6, 6.07) is 14.0. The van der Waals surface area contributed by atoms with E-state index in [9.17, 15) is 14.0 Å². The van der Waals surface area contributed by atoms with Gasteiger partial charge >= 0.3 is 6.09 Å². The second kappa shape index (κ2) is 9.03. The van der Waals surface area contributed by atoms with E-state index < -0.39 is 18.0 Å². The molecular weight excluding hydrogens is 427 g/mol. The minimum atomic E-state index is -0.569. The molecule has 2 fully saturated rings. The van der Waals surface area contributed by atoms with Gasteiger partial charge in [0.15, 0.2) is 0 Å². The number of benzene rings is 2. The number of aromatic nitrogens is 1. The predicted octanol–water partition coefficient (Wildman–Crippen LogP) is 2.97. The van der Waals surface area contributed by atoms with Crippen LogP contribution in [0.25, 0.3) is 10.9 Å². The first-order chi connectivity index (χ1) is 16.1. The molecule has 0 saturated carbocycles. The number of ether oxygens (including phenoxy) is 2. The molecule has 2 aromatic carbocycles. The number of anilines is 2. The molecule has 2 aliphatic rings. The Kier molecular flexibility index (Phi) is 5.78. The normalized spacial score (nSPS) is 18.5. The van der Waals surface area contributed by atoms with E-state index in [-0.39, 0.29) is 19.0 Å². The monoisotopic (exact) mass is 450 g/mol. The van der Waals surface area contributed by atoms with Gasteiger partial charge in [-0.05, 0) is 30.3 Å². The summed E-state index contributed by atoms with van der Waals surface area (Å²) in [5.74, 6) is -0.702. The number of cyclic esters (lactones) is 1. The molecule has 2 amide bonds. The maximum atomic E-state index is 14.7. The summed E-state index contributed by atoms with van der Waals surface area (Å²) in [5.41, 5.74) is 2.14. The molecule has 9 heteroatoms. The highest BCUT2D eigenvalue weighted by Crippen LogP contribution is 2.28. The second-order valence-corrected chi connectivity index (χ2v) is 7.98. The lowest BCUT2D eigenvalue weighted by Crippen LogP contribution is -2.37. The van der Waals surface area contributed by atoms with E-state index in [1.807, 2.05) is 29.2 Å². The standard InChI is InChI=1S/C24H23FN4O4/c25-20-12-18(5-6-22(20)28-7-9-32-10-8-28)29-15-19(33-24(29)31)14-27-23(30)17-11-16-3-1-2-4-21(16)26-13-17/h1-6,11-13,19H,7-10,14-15H2,(H,27,30)/t19-/m0/s1. The number of carbonyl (C=O) groups excluding carboxylic acids is 2. The zero-order chi connectivity index (χ0) is 22.8. The molecule has 2 saturated heterocycles. The molecule has 0 aliphatic carbocycles. The van der Waals surface area contributed by atoms with Crippen LogP contribution in [0.4, 0.5) is 20.6 Å². The molecule has 0 unspecified atom stereocenters. The maximum absolute atomic E-state index is 14.7. The molecular formula is C24H23FN4O4. The van der Waals surface area contributed by atoms with Crippen molar-refractivity contribution in [2.24, 2.45) is 0 Å². The van der Waals surface area contributed by atoms with E-state index >= 15 is 0 Å².